The molecule has 1 rings (SSSR count). The largest absolute Gasteiger partial charge is 0.361 e. The lowest BCUT2D eigenvalue weighted by Gasteiger charge is -2.11. The van der Waals surface area contributed by atoms with Crippen LogP contribution in [0.15, 0.2) is 6.20 Å². The molecular weight excluding hydrogens is 150 g/mol. The van der Waals surface area contributed by atoms with Crippen LogP contribution in [0.5, 0.6) is 0 Å². The maximum Gasteiger partial charge on any atom is 0.153 e. The van der Waals surface area contributed by atoms with Crippen LogP contribution in [0.1, 0.15) is 19.4 Å². The zero-order valence-electron chi connectivity index (χ0n) is 8.26. The zero-order chi connectivity index (χ0) is 9.14. The summed E-state index contributed by atoms with van der Waals surface area (Å²) in [6, 6.07) is 0. The van der Waals surface area contributed by atoms with Crippen LogP contribution in [0.2, 0.25) is 0 Å². The van der Waals surface area contributed by atoms with Gasteiger partial charge in [0, 0.05) is 25.9 Å². The first kappa shape index (κ1) is 9.10. The second-order valence-electron chi connectivity index (χ2n) is 3.73. The van der Waals surface area contributed by atoms with Gasteiger partial charge in [-0.1, -0.05) is 13.8 Å². The standard InChI is InChI=1S/C9H17N3/c1-7(2)5-8-6-10-11-9(8)12(3)4/h6-7H,5H2,1-4H3,(H,10,11). The first-order valence-corrected chi connectivity index (χ1v) is 4.31. The minimum atomic E-state index is 0.682. The van der Waals surface area contributed by atoms with E-state index in [0.717, 1.165) is 12.2 Å². The van der Waals surface area contributed by atoms with E-state index in [9.17, 15) is 0 Å². The minimum absolute atomic E-state index is 0.682. The minimum Gasteiger partial charge on any atom is -0.361 e. The van der Waals surface area contributed by atoms with E-state index in [4.69, 9.17) is 0 Å². The molecule has 0 spiro atoms. The Kier molecular flexibility index (Phi) is 2.74. The molecule has 0 atom stereocenters. The molecule has 3 nitrogen and oxygen atoms in total. The Morgan fingerprint density at radius 1 is 1.50 bits per heavy atom. The third-order valence-corrected chi connectivity index (χ3v) is 1.75. The molecule has 0 fully saturated rings. The molecule has 0 unspecified atom stereocenters. The predicted octanol–water partition coefficient (Wildman–Crippen LogP) is 1.67. The summed E-state index contributed by atoms with van der Waals surface area (Å²) in [6.07, 6.45) is 3.07. The van der Waals surface area contributed by atoms with Gasteiger partial charge in [-0.3, -0.25) is 5.10 Å². The molecule has 1 aromatic rings. The van der Waals surface area contributed by atoms with Crippen molar-refractivity contribution in [2.45, 2.75) is 20.3 Å². The van der Waals surface area contributed by atoms with Gasteiger partial charge in [0.1, 0.15) is 0 Å². The molecule has 0 amide bonds. The van der Waals surface area contributed by atoms with E-state index in [1.165, 1.54) is 5.56 Å². The molecule has 0 aliphatic heterocycles. The van der Waals surface area contributed by atoms with E-state index in [2.05, 4.69) is 24.0 Å². The fraction of sp³-hybridized carbons (Fsp3) is 0.667. The number of aromatic nitrogens is 2. The fourth-order valence-electron chi connectivity index (χ4n) is 1.28. The summed E-state index contributed by atoms with van der Waals surface area (Å²) in [6.45, 7) is 4.43. The Morgan fingerprint density at radius 3 is 2.67 bits per heavy atom. The van der Waals surface area contributed by atoms with Gasteiger partial charge in [-0.2, -0.15) is 5.10 Å². The van der Waals surface area contributed by atoms with Crippen LogP contribution in [-0.2, 0) is 6.42 Å². The van der Waals surface area contributed by atoms with Gasteiger partial charge in [0.15, 0.2) is 5.82 Å². The molecule has 12 heavy (non-hydrogen) atoms. The van der Waals surface area contributed by atoms with Crippen molar-refractivity contribution in [3.8, 4) is 0 Å². The highest BCUT2D eigenvalue weighted by Gasteiger charge is 2.08. The van der Waals surface area contributed by atoms with Crippen LogP contribution in [-0.4, -0.2) is 24.3 Å². The molecule has 0 aliphatic rings. The summed E-state index contributed by atoms with van der Waals surface area (Å²) < 4.78 is 0. The monoisotopic (exact) mass is 167 g/mol. The normalized spacial score (nSPS) is 10.8. The van der Waals surface area contributed by atoms with Gasteiger partial charge in [0.2, 0.25) is 0 Å². The van der Waals surface area contributed by atoms with E-state index in [-0.39, 0.29) is 0 Å². The van der Waals surface area contributed by atoms with Gasteiger partial charge in [-0.15, -0.1) is 0 Å². The molecule has 0 radical (unpaired) electrons. The summed E-state index contributed by atoms with van der Waals surface area (Å²) in [4.78, 5) is 2.04. The van der Waals surface area contributed by atoms with Crippen molar-refractivity contribution in [3.05, 3.63) is 11.8 Å². The third-order valence-electron chi connectivity index (χ3n) is 1.75. The average molecular weight is 167 g/mol. The van der Waals surface area contributed by atoms with Crippen molar-refractivity contribution < 1.29 is 0 Å². The highest BCUT2D eigenvalue weighted by Crippen LogP contribution is 2.17. The Labute approximate surface area is 73.8 Å². The van der Waals surface area contributed by atoms with Crippen LogP contribution < -0.4 is 4.90 Å². The summed E-state index contributed by atoms with van der Waals surface area (Å²) in [5.41, 5.74) is 1.30. The number of rotatable bonds is 3. The van der Waals surface area contributed by atoms with Crippen LogP contribution in [0.4, 0.5) is 5.82 Å². The number of H-pyrrole nitrogens is 1. The summed E-state index contributed by atoms with van der Waals surface area (Å²) in [5, 5.41) is 7.06. The molecule has 1 N–H and O–H groups in total. The molecule has 3 heteroatoms. The number of anilines is 1. The smallest absolute Gasteiger partial charge is 0.153 e. The Balaban J connectivity index is 2.77. The molecule has 68 valence electrons. The van der Waals surface area contributed by atoms with Gasteiger partial charge >= 0.3 is 0 Å². The quantitative estimate of drug-likeness (QED) is 0.742. The Morgan fingerprint density at radius 2 is 2.17 bits per heavy atom. The molecule has 1 heterocycles. The topological polar surface area (TPSA) is 31.9 Å². The van der Waals surface area contributed by atoms with Crippen LogP contribution >= 0.6 is 0 Å². The molecule has 0 bridgehead atoms. The lowest BCUT2D eigenvalue weighted by molar-refractivity contribution is 0.647. The highest BCUT2D eigenvalue weighted by atomic mass is 15.2. The fourth-order valence-corrected chi connectivity index (χ4v) is 1.28. The summed E-state index contributed by atoms with van der Waals surface area (Å²) in [5.74, 6) is 1.74. The molecule has 1 aromatic heterocycles. The van der Waals surface area contributed by atoms with E-state index in [0.29, 0.717) is 5.92 Å². The van der Waals surface area contributed by atoms with Crippen molar-refractivity contribution in [1.82, 2.24) is 10.2 Å². The van der Waals surface area contributed by atoms with Crippen LogP contribution in [0, 0.1) is 5.92 Å². The van der Waals surface area contributed by atoms with Gasteiger partial charge < -0.3 is 4.90 Å². The van der Waals surface area contributed by atoms with Crippen molar-refractivity contribution >= 4 is 5.82 Å². The number of hydrogen-bond acceptors (Lipinski definition) is 2. The van der Waals surface area contributed by atoms with Gasteiger partial charge in [0.25, 0.3) is 0 Å². The molecule has 0 saturated heterocycles. The van der Waals surface area contributed by atoms with E-state index in [1.807, 2.05) is 25.2 Å². The molecule has 0 aliphatic carbocycles. The van der Waals surface area contributed by atoms with Crippen LogP contribution in [0.3, 0.4) is 0 Å². The van der Waals surface area contributed by atoms with E-state index in [1.54, 1.807) is 0 Å². The maximum atomic E-state index is 4.17. The van der Waals surface area contributed by atoms with Crippen molar-refractivity contribution in [3.63, 3.8) is 0 Å². The van der Waals surface area contributed by atoms with Crippen molar-refractivity contribution in [2.75, 3.05) is 19.0 Å². The lowest BCUT2D eigenvalue weighted by Crippen LogP contribution is -2.11. The number of hydrogen-bond donors (Lipinski definition) is 1. The Hall–Kier alpha value is -0.990. The first-order chi connectivity index (χ1) is 5.61. The van der Waals surface area contributed by atoms with Crippen molar-refractivity contribution in [1.29, 1.82) is 0 Å². The van der Waals surface area contributed by atoms with E-state index < -0.39 is 0 Å². The Bertz CT molecular complexity index is 238. The first-order valence-electron chi connectivity index (χ1n) is 4.31. The second kappa shape index (κ2) is 3.61. The maximum absolute atomic E-state index is 4.17. The van der Waals surface area contributed by atoms with Gasteiger partial charge in [0.05, 0.1) is 0 Å². The molecule has 0 aromatic carbocycles. The number of aromatic amines is 1. The van der Waals surface area contributed by atoms with Gasteiger partial charge in [-0.25, -0.2) is 0 Å². The second-order valence-corrected chi connectivity index (χ2v) is 3.73. The number of nitrogens with one attached hydrogen (secondary N) is 1. The lowest BCUT2D eigenvalue weighted by atomic mass is 10.1. The molecule has 0 saturated carbocycles. The van der Waals surface area contributed by atoms with E-state index >= 15 is 0 Å². The molecular formula is C9H17N3. The highest BCUT2D eigenvalue weighted by molar-refractivity contribution is 5.44. The van der Waals surface area contributed by atoms with Crippen LogP contribution in [0.25, 0.3) is 0 Å². The van der Waals surface area contributed by atoms with Crippen molar-refractivity contribution in [2.24, 2.45) is 5.92 Å². The SMILES string of the molecule is CC(C)Cc1c[nH]nc1N(C)C. The number of nitrogens with zero attached hydrogens (tertiary/aromatic N) is 2. The summed E-state index contributed by atoms with van der Waals surface area (Å²) in [7, 11) is 4.03. The third kappa shape index (κ3) is 2.00. The van der Waals surface area contributed by atoms with Gasteiger partial charge in [-0.05, 0) is 12.3 Å². The predicted molar refractivity (Wildman–Crippen MR) is 51.5 cm³/mol. The summed E-state index contributed by atoms with van der Waals surface area (Å²) >= 11 is 0. The zero-order valence-corrected chi connectivity index (χ0v) is 8.26. The average Bonchev–Trinajstić information content (AvgIpc) is 2.33.